The maximum Gasteiger partial charge on any atom is 0.0826 e. The molecule has 0 radical (unpaired) electrons. The van der Waals surface area contributed by atoms with Crippen molar-refractivity contribution in [2.75, 3.05) is 39.8 Å². The Balaban J connectivity index is 1.67. The van der Waals surface area contributed by atoms with Crippen molar-refractivity contribution >= 4 is 0 Å². The number of nitrogens with one attached hydrogen (secondary N) is 1. The molecule has 2 aliphatic rings. The van der Waals surface area contributed by atoms with E-state index in [1.54, 1.807) is 0 Å². The topological polar surface area (TPSA) is 24.5 Å². The van der Waals surface area contributed by atoms with E-state index in [2.05, 4.69) is 24.2 Å². The molecule has 1 unspecified atom stereocenters. The average Bonchev–Trinajstić information content (AvgIpc) is 2.79. The molecule has 0 spiro atoms. The maximum atomic E-state index is 5.78. The molecule has 0 aromatic heterocycles. The van der Waals surface area contributed by atoms with Gasteiger partial charge in [-0.3, -0.25) is 0 Å². The third kappa shape index (κ3) is 3.67. The summed E-state index contributed by atoms with van der Waals surface area (Å²) >= 11 is 0. The van der Waals surface area contributed by atoms with Crippen LogP contribution in [0.15, 0.2) is 0 Å². The van der Waals surface area contributed by atoms with Crippen molar-refractivity contribution in [3.63, 3.8) is 0 Å². The van der Waals surface area contributed by atoms with E-state index in [0.717, 1.165) is 26.2 Å². The first-order valence-corrected chi connectivity index (χ1v) is 7.25. The molecule has 1 saturated carbocycles. The van der Waals surface area contributed by atoms with Crippen LogP contribution < -0.4 is 5.32 Å². The molecule has 0 amide bonds. The molecule has 17 heavy (non-hydrogen) atoms. The number of rotatable bonds is 5. The Morgan fingerprint density at radius 3 is 2.76 bits per heavy atom. The van der Waals surface area contributed by atoms with E-state index < -0.39 is 0 Å². The van der Waals surface area contributed by atoms with Crippen LogP contribution in [-0.4, -0.2) is 50.8 Å². The molecule has 3 heteroatoms. The highest BCUT2D eigenvalue weighted by Gasteiger charge is 2.31. The van der Waals surface area contributed by atoms with E-state index in [-0.39, 0.29) is 0 Å². The molecule has 0 aromatic carbocycles. The van der Waals surface area contributed by atoms with Crippen LogP contribution in [0.5, 0.6) is 0 Å². The van der Waals surface area contributed by atoms with Gasteiger partial charge in [-0.05, 0) is 31.7 Å². The minimum absolute atomic E-state index is 0.393. The smallest absolute Gasteiger partial charge is 0.0826 e. The Kier molecular flexibility index (Phi) is 4.83. The molecule has 2 rings (SSSR count). The van der Waals surface area contributed by atoms with Gasteiger partial charge in [0.25, 0.3) is 0 Å². The Morgan fingerprint density at radius 1 is 1.35 bits per heavy atom. The number of likely N-dealkylation sites (N-methyl/N-ethyl adjacent to an activating group) is 1. The van der Waals surface area contributed by atoms with Crippen LogP contribution >= 0.6 is 0 Å². The van der Waals surface area contributed by atoms with Gasteiger partial charge in [0.05, 0.1) is 12.7 Å². The third-order valence-corrected chi connectivity index (χ3v) is 4.63. The lowest BCUT2D eigenvalue weighted by atomic mass is 9.83. The van der Waals surface area contributed by atoms with Crippen LogP contribution in [0.25, 0.3) is 0 Å². The lowest BCUT2D eigenvalue weighted by molar-refractivity contribution is -0.0191. The van der Waals surface area contributed by atoms with Gasteiger partial charge < -0.3 is 15.0 Å². The predicted octanol–water partition coefficient (Wildman–Crippen LogP) is 1.88. The van der Waals surface area contributed by atoms with Gasteiger partial charge in [0.1, 0.15) is 0 Å². The Bertz CT molecular complexity index is 226. The quantitative estimate of drug-likeness (QED) is 0.794. The van der Waals surface area contributed by atoms with Gasteiger partial charge in [-0.15, -0.1) is 0 Å². The van der Waals surface area contributed by atoms with Gasteiger partial charge in [0.2, 0.25) is 0 Å². The first kappa shape index (κ1) is 13.3. The number of morpholine rings is 1. The summed E-state index contributed by atoms with van der Waals surface area (Å²) in [6.45, 7) is 7.60. The van der Waals surface area contributed by atoms with Crippen molar-refractivity contribution < 1.29 is 4.74 Å². The van der Waals surface area contributed by atoms with Gasteiger partial charge in [0.15, 0.2) is 0 Å². The minimum Gasteiger partial charge on any atom is -0.374 e. The van der Waals surface area contributed by atoms with Gasteiger partial charge in [-0.25, -0.2) is 0 Å². The number of ether oxygens (including phenoxy) is 1. The Labute approximate surface area is 106 Å². The SMILES string of the molecule is CCC1(CNCC2CN(C)CCO2)CCCC1. The molecular weight excluding hydrogens is 212 g/mol. The van der Waals surface area contributed by atoms with Crippen LogP contribution in [0.1, 0.15) is 39.0 Å². The van der Waals surface area contributed by atoms with Gasteiger partial charge in [-0.2, -0.15) is 0 Å². The summed E-state index contributed by atoms with van der Waals surface area (Å²) in [7, 11) is 2.18. The predicted molar refractivity (Wildman–Crippen MR) is 71.3 cm³/mol. The zero-order valence-electron chi connectivity index (χ0n) is 11.5. The van der Waals surface area contributed by atoms with Crippen molar-refractivity contribution in [2.45, 2.75) is 45.1 Å². The Hall–Kier alpha value is -0.120. The summed E-state index contributed by atoms with van der Waals surface area (Å²) in [5, 5.41) is 3.66. The number of hydrogen-bond donors (Lipinski definition) is 1. The van der Waals surface area contributed by atoms with E-state index in [4.69, 9.17) is 4.74 Å². The number of hydrogen-bond acceptors (Lipinski definition) is 3. The molecule has 1 aliphatic carbocycles. The van der Waals surface area contributed by atoms with E-state index in [9.17, 15) is 0 Å². The van der Waals surface area contributed by atoms with E-state index in [0.29, 0.717) is 11.5 Å². The normalized spacial score (nSPS) is 29.6. The second kappa shape index (κ2) is 6.17. The lowest BCUT2D eigenvalue weighted by Crippen LogP contribution is -2.46. The van der Waals surface area contributed by atoms with Crippen molar-refractivity contribution in [1.82, 2.24) is 10.2 Å². The fourth-order valence-electron chi connectivity index (χ4n) is 3.27. The molecule has 0 bridgehead atoms. The second-order valence-electron chi connectivity index (χ2n) is 5.95. The number of nitrogens with zero attached hydrogens (tertiary/aromatic N) is 1. The van der Waals surface area contributed by atoms with Crippen LogP contribution in [0, 0.1) is 5.41 Å². The van der Waals surface area contributed by atoms with Gasteiger partial charge >= 0.3 is 0 Å². The molecule has 1 N–H and O–H groups in total. The monoisotopic (exact) mass is 240 g/mol. The second-order valence-corrected chi connectivity index (χ2v) is 5.95. The van der Waals surface area contributed by atoms with Crippen molar-refractivity contribution in [3.05, 3.63) is 0 Å². The highest BCUT2D eigenvalue weighted by Crippen LogP contribution is 2.40. The molecule has 100 valence electrons. The molecular formula is C14H28N2O. The summed E-state index contributed by atoms with van der Waals surface area (Å²) in [6, 6.07) is 0. The van der Waals surface area contributed by atoms with Gasteiger partial charge in [-0.1, -0.05) is 19.8 Å². The molecule has 1 saturated heterocycles. The molecule has 1 heterocycles. The highest BCUT2D eigenvalue weighted by atomic mass is 16.5. The van der Waals surface area contributed by atoms with Crippen LogP contribution in [0.2, 0.25) is 0 Å². The maximum absolute atomic E-state index is 5.78. The minimum atomic E-state index is 0.393. The van der Waals surface area contributed by atoms with Crippen LogP contribution in [0.3, 0.4) is 0 Å². The molecule has 2 fully saturated rings. The van der Waals surface area contributed by atoms with Crippen molar-refractivity contribution in [3.8, 4) is 0 Å². The van der Waals surface area contributed by atoms with Crippen molar-refractivity contribution in [1.29, 1.82) is 0 Å². The molecule has 1 aliphatic heterocycles. The van der Waals surface area contributed by atoms with Gasteiger partial charge in [0, 0.05) is 26.2 Å². The van der Waals surface area contributed by atoms with E-state index in [1.165, 1.54) is 38.6 Å². The summed E-state index contributed by atoms with van der Waals surface area (Å²) in [6.07, 6.45) is 7.41. The van der Waals surface area contributed by atoms with Crippen LogP contribution in [-0.2, 0) is 4.74 Å². The zero-order chi connectivity index (χ0) is 12.1. The Morgan fingerprint density at radius 2 is 2.12 bits per heavy atom. The van der Waals surface area contributed by atoms with E-state index >= 15 is 0 Å². The lowest BCUT2D eigenvalue weighted by Gasteiger charge is -2.32. The molecule has 3 nitrogen and oxygen atoms in total. The standard InChI is InChI=1S/C14H28N2O/c1-3-14(6-4-5-7-14)12-15-10-13-11-16(2)8-9-17-13/h13,15H,3-12H2,1-2H3. The van der Waals surface area contributed by atoms with Crippen molar-refractivity contribution in [2.24, 2.45) is 5.41 Å². The third-order valence-electron chi connectivity index (χ3n) is 4.63. The summed E-state index contributed by atoms with van der Waals surface area (Å²) in [5.41, 5.74) is 0.598. The average molecular weight is 240 g/mol. The first-order chi connectivity index (χ1) is 8.24. The first-order valence-electron chi connectivity index (χ1n) is 7.25. The fraction of sp³-hybridized carbons (Fsp3) is 1.00. The summed E-state index contributed by atoms with van der Waals surface area (Å²) < 4.78 is 5.78. The fourth-order valence-corrected chi connectivity index (χ4v) is 3.27. The zero-order valence-corrected chi connectivity index (χ0v) is 11.5. The summed E-state index contributed by atoms with van der Waals surface area (Å²) in [5.74, 6) is 0. The highest BCUT2D eigenvalue weighted by molar-refractivity contribution is 4.86. The summed E-state index contributed by atoms with van der Waals surface area (Å²) in [4.78, 5) is 2.36. The van der Waals surface area contributed by atoms with Crippen LogP contribution in [0.4, 0.5) is 0 Å². The molecule has 0 aromatic rings. The molecule has 1 atom stereocenters. The van der Waals surface area contributed by atoms with E-state index in [1.807, 2.05) is 0 Å². The largest absolute Gasteiger partial charge is 0.374 e.